The largest absolute Gasteiger partial charge is 0.378 e. The van der Waals surface area contributed by atoms with Crippen molar-refractivity contribution in [2.75, 3.05) is 26.2 Å². The zero-order chi connectivity index (χ0) is 17.6. The number of likely N-dealkylation sites (tertiary alicyclic amines) is 1. The highest BCUT2D eigenvalue weighted by Gasteiger charge is 2.19. The standard InChI is InChI=1S/C21H30N2O2/c1-3-15-25-18-9-13-22(14-10-18)11-6-12-23-16-20(17(2)24)19-7-4-5-8-21(19)23/h4-5,7-8,16,18H,3,6,9-15H2,1-2H3. The summed E-state index contributed by atoms with van der Waals surface area (Å²) >= 11 is 0. The molecule has 0 N–H and O–H groups in total. The van der Waals surface area contributed by atoms with Gasteiger partial charge in [0.25, 0.3) is 0 Å². The van der Waals surface area contributed by atoms with Crippen LogP contribution in [-0.2, 0) is 11.3 Å². The molecule has 0 saturated carbocycles. The lowest BCUT2D eigenvalue weighted by molar-refractivity contribution is 0.00759. The molecule has 0 bridgehead atoms. The Kier molecular flexibility index (Phi) is 6.27. The fourth-order valence-corrected chi connectivity index (χ4v) is 3.76. The Balaban J connectivity index is 1.52. The van der Waals surface area contributed by atoms with Gasteiger partial charge in [-0.25, -0.2) is 0 Å². The van der Waals surface area contributed by atoms with Crippen LogP contribution in [0.4, 0.5) is 0 Å². The van der Waals surface area contributed by atoms with E-state index in [9.17, 15) is 4.79 Å². The van der Waals surface area contributed by atoms with Crippen LogP contribution >= 0.6 is 0 Å². The molecular formula is C21H30N2O2. The number of carbonyl (C=O) groups excluding carboxylic acids is 1. The minimum Gasteiger partial charge on any atom is -0.378 e. The molecule has 0 unspecified atom stereocenters. The SMILES string of the molecule is CCCOC1CCN(CCCn2cc(C(C)=O)c3ccccc32)CC1. The number of rotatable bonds is 8. The number of aryl methyl sites for hydroxylation is 1. The number of Topliss-reactive ketones (excluding diaryl/α,β-unsaturated/α-hetero) is 1. The number of fused-ring (bicyclic) bond motifs is 1. The van der Waals surface area contributed by atoms with E-state index in [2.05, 4.69) is 22.5 Å². The summed E-state index contributed by atoms with van der Waals surface area (Å²) in [4.78, 5) is 14.4. The van der Waals surface area contributed by atoms with Crippen molar-refractivity contribution in [1.29, 1.82) is 0 Å². The van der Waals surface area contributed by atoms with E-state index in [0.29, 0.717) is 6.10 Å². The molecule has 0 amide bonds. The second kappa shape index (κ2) is 8.63. The van der Waals surface area contributed by atoms with E-state index >= 15 is 0 Å². The van der Waals surface area contributed by atoms with Crippen LogP contribution in [0.25, 0.3) is 10.9 Å². The molecule has 0 atom stereocenters. The average molecular weight is 342 g/mol. The van der Waals surface area contributed by atoms with Crippen molar-refractivity contribution in [3.63, 3.8) is 0 Å². The highest BCUT2D eigenvalue weighted by atomic mass is 16.5. The Labute approximate surface area is 150 Å². The molecule has 0 aliphatic carbocycles. The predicted octanol–water partition coefficient (Wildman–Crippen LogP) is 4.13. The van der Waals surface area contributed by atoms with Crippen LogP contribution in [0.2, 0.25) is 0 Å². The second-order valence-electron chi connectivity index (χ2n) is 7.07. The third-order valence-electron chi connectivity index (χ3n) is 5.13. The Bertz CT molecular complexity index is 699. The molecule has 2 heterocycles. The number of hydrogen-bond donors (Lipinski definition) is 0. The van der Waals surface area contributed by atoms with Gasteiger partial charge in [-0.1, -0.05) is 25.1 Å². The molecule has 1 fully saturated rings. The maximum absolute atomic E-state index is 11.9. The molecule has 1 aromatic carbocycles. The fraction of sp³-hybridized carbons (Fsp3) is 0.571. The van der Waals surface area contributed by atoms with E-state index < -0.39 is 0 Å². The predicted molar refractivity (Wildman–Crippen MR) is 102 cm³/mol. The molecule has 1 aromatic heterocycles. The Morgan fingerprint density at radius 3 is 2.68 bits per heavy atom. The number of para-hydroxylation sites is 1. The molecule has 2 aromatic rings. The number of piperidine rings is 1. The van der Waals surface area contributed by atoms with Crippen molar-refractivity contribution in [1.82, 2.24) is 9.47 Å². The second-order valence-corrected chi connectivity index (χ2v) is 7.07. The summed E-state index contributed by atoms with van der Waals surface area (Å²) in [6, 6.07) is 8.20. The van der Waals surface area contributed by atoms with E-state index in [-0.39, 0.29) is 5.78 Å². The zero-order valence-electron chi connectivity index (χ0n) is 15.5. The number of nitrogens with zero attached hydrogens (tertiary/aromatic N) is 2. The van der Waals surface area contributed by atoms with Crippen LogP contribution in [0.1, 0.15) is 49.9 Å². The number of ether oxygens (including phenoxy) is 1. The van der Waals surface area contributed by atoms with Gasteiger partial charge in [-0.15, -0.1) is 0 Å². The van der Waals surface area contributed by atoms with E-state index in [4.69, 9.17) is 4.74 Å². The van der Waals surface area contributed by atoms with Gasteiger partial charge in [0.15, 0.2) is 5.78 Å². The minimum absolute atomic E-state index is 0.143. The molecule has 1 aliphatic heterocycles. The van der Waals surface area contributed by atoms with Crippen LogP contribution in [0.3, 0.4) is 0 Å². The van der Waals surface area contributed by atoms with Crippen molar-refractivity contribution < 1.29 is 9.53 Å². The van der Waals surface area contributed by atoms with Gasteiger partial charge in [0.2, 0.25) is 0 Å². The van der Waals surface area contributed by atoms with Crippen LogP contribution in [0.15, 0.2) is 30.5 Å². The third kappa shape index (κ3) is 4.50. The molecule has 0 radical (unpaired) electrons. The Morgan fingerprint density at radius 2 is 1.96 bits per heavy atom. The number of ketones is 1. The van der Waals surface area contributed by atoms with Crippen LogP contribution < -0.4 is 0 Å². The summed E-state index contributed by atoms with van der Waals surface area (Å²) in [6.07, 6.45) is 7.01. The lowest BCUT2D eigenvalue weighted by atomic mass is 10.1. The highest BCUT2D eigenvalue weighted by molar-refractivity contribution is 6.06. The summed E-state index contributed by atoms with van der Waals surface area (Å²) < 4.78 is 8.10. The van der Waals surface area contributed by atoms with Gasteiger partial charge in [0.1, 0.15) is 0 Å². The van der Waals surface area contributed by atoms with Gasteiger partial charge in [0.05, 0.1) is 6.10 Å². The monoisotopic (exact) mass is 342 g/mol. The summed E-state index contributed by atoms with van der Waals surface area (Å²) in [5, 5.41) is 1.07. The molecule has 136 valence electrons. The number of carbonyl (C=O) groups is 1. The van der Waals surface area contributed by atoms with Crippen molar-refractivity contribution in [2.45, 2.75) is 52.2 Å². The molecular weight excluding hydrogens is 312 g/mol. The lowest BCUT2D eigenvalue weighted by Crippen LogP contribution is -2.37. The third-order valence-corrected chi connectivity index (χ3v) is 5.13. The van der Waals surface area contributed by atoms with Gasteiger partial charge in [-0.3, -0.25) is 4.79 Å². The first-order valence-corrected chi connectivity index (χ1v) is 9.61. The summed E-state index contributed by atoms with van der Waals surface area (Å²) in [5.41, 5.74) is 2.00. The molecule has 1 saturated heterocycles. The number of benzene rings is 1. The molecule has 3 rings (SSSR count). The quantitative estimate of drug-likeness (QED) is 0.677. The van der Waals surface area contributed by atoms with Crippen molar-refractivity contribution >= 4 is 16.7 Å². The maximum atomic E-state index is 11.9. The molecule has 4 nitrogen and oxygen atoms in total. The first-order chi connectivity index (χ1) is 12.2. The van der Waals surface area contributed by atoms with Gasteiger partial charge < -0.3 is 14.2 Å². The Morgan fingerprint density at radius 1 is 1.20 bits per heavy atom. The van der Waals surface area contributed by atoms with Crippen molar-refractivity contribution in [3.05, 3.63) is 36.0 Å². The maximum Gasteiger partial charge on any atom is 0.161 e. The highest BCUT2D eigenvalue weighted by Crippen LogP contribution is 2.22. The van der Waals surface area contributed by atoms with E-state index in [0.717, 1.165) is 69.4 Å². The lowest BCUT2D eigenvalue weighted by Gasteiger charge is -2.31. The van der Waals surface area contributed by atoms with Crippen LogP contribution in [0.5, 0.6) is 0 Å². The first-order valence-electron chi connectivity index (χ1n) is 9.61. The smallest absolute Gasteiger partial charge is 0.161 e. The van der Waals surface area contributed by atoms with E-state index in [1.165, 1.54) is 5.52 Å². The zero-order valence-corrected chi connectivity index (χ0v) is 15.5. The molecule has 0 spiro atoms. The van der Waals surface area contributed by atoms with Crippen LogP contribution in [-0.4, -0.2) is 47.6 Å². The Hall–Kier alpha value is -1.65. The average Bonchev–Trinajstić information content (AvgIpc) is 3.00. The van der Waals surface area contributed by atoms with E-state index in [1.54, 1.807) is 6.92 Å². The van der Waals surface area contributed by atoms with Crippen molar-refractivity contribution in [2.24, 2.45) is 0 Å². The van der Waals surface area contributed by atoms with Gasteiger partial charge >= 0.3 is 0 Å². The summed E-state index contributed by atoms with van der Waals surface area (Å²) in [6.45, 7) is 9.06. The topological polar surface area (TPSA) is 34.5 Å². The number of aromatic nitrogens is 1. The van der Waals surface area contributed by atoms with Crippen LogP contribution in [0, 0.1) is 0 Å². The van der Waals surface area contributed by atoms with Crippen molar-refractivity contribution in [3.8, 4) is 0 Å². The molecule has 25 heavy (non-hydrogen) atoms. The van der Waals surface area contributed by atoms with Gasteiger partial charge in [0, 0.05) is 48.9 Å². The molecule has 4 heteroatoms. The molecule has 1 aliphatic rings. The van der Waals surface area contributed by atoms with E-state index in [1.807, 2.05) is 24.4 Å². The normalized spacial score (nSPS) is 16.6. The fourth-order valence-electron chi connectivity index (χ4n) is 3.76. The summed E-state index contributed by atoms with van der Waals surface area (Å²) in [7, 11) is 0. The van der Waals surface area contributed by atoms with Gasteiger partial charge in [-0.2, -0.15) is 0 Å². The number of hydrogen-bond acceptors (Lipinski definition) is 3. The summed E-state index contributed by atoms with van der Waals surface area (Å²) in [5.74, 6) is 0.143. The van der Waals surface area contributed by atoms with Gasteiger partial charge in [-0.05, 0) is 45.2 Å². The first kappa shape index (κ1) is 18.2. The minimum atomic E-state index is 0.143.